The molecule has 0 radical (unpaired) electrons. The summed E-state index contributed by atoms with van der Waals surface area (Å²) in [6.45, 7) is 7.63. The lowest BCUT2D eigenvalue weighted by Crippen LogP contribution is -2.65. The third-order valence-electron chi connectivity index (χ3n) is 8.60. The lowest BCUT2D eigenvalue weighted by molar-refractivity contribution is -0.146. The molecule has 1 aliphatic rings. The van der Waals surface area contributed by atoms with E-state index in [1.54, 1.807) is 30.3 Å². The highest BCUT2D eigenvalue weighted by Crippen LogP contribution is 2.31. The monoisotopic (exact) mass is 664 g/mol. The van der Waals surface area contributed by atoms with Gasteiger partial charge in [0.05, 0.1) is 12.7 Å². The molecule has 0 spiro atoms. The van der Waals surface area contributed by atoms with Crippen LogP contribution in [-0.4, -0.2) is 71.6 Å². The Labute approximate surface area is 284 Å². The maximum atomic E-state index is 14.1. The predicted molar refractivity (Wildman–Crippen MR) is 183 cm³/mol. The van der Waals surface area contributed by atoms with Crippen molar-refractivity contribution in [2.24, 2.45) is 11.8 Å². The van der Waals surface area contributed by atoms with Crippen molar-refractivity contribution in [1.82, 2.24) is 21.3 Å². The van der Waals surface area contributed by atoms with E-state index < -0.39 is 59.4 Å². The lowest BCUT2D eigenvalue weighted by Gasteiger charge is -2.39. The van der Waals surface area contributed by atoms with E-state index in [9.17, 15) is 29.1 Å². The zero-order chi connectivity index (χ0) is 35.3. The summed E-state index contributed by atoms with van der Waals surface area (Å²) in [6, 6.07) is 13.3. The van der Waals surface area contributed by atoms with Crippen molar-refractivity contribution >= 4 is 29.6 Å². The first-order chi connectivity index (χ1) is 22.8. The Morgan fingerprint density at radius 3 is 1.73 bits per heavy atom. The molecule has 0 bridgehead atoms. The smallest absolute Gasteiger partial charge is 0.328 e. The molecule has 1 saturated carbocycles. The van der Waals surface area contributed by atoms with Gasteiger partial charge in [-0.3, -0.25) is 19.2 Å². The van der Waals surface area contributed by atoms with E-state index in [0.717, 1.165) is 12.0 Å². The summed E-state index contributed by atoms with van der Waals surface area (Å²) in [4.78, 5) is 67.3. The number of rotatable bonds is 16. The molecule has 2 aromatic carbocycles. The zero-order valence-electron chi connectivity index (χ0n) is 28.8. The summed E-state index contributed by atoms with van der Waals surface area (Å²) in [5.41, 5.74) is -0.362. The number of carbonyl (C=O) groups excluding carboxylic acids is 5. The molecule has 0 heterocycles. The fourth-order valence-electron chi connectivity index (χ4n) is 6.09. The van der Waals surface area contributed by atoms with Crippen LogP contribution in [0.25, 0.3) is 0 Å². The Morgan fingerprint density at radius 2 is 1.19 bits per heavy atom. The quantitative estimate of drug-likeness (QED) is 0.172. The molecule has 0 unspecified atom stereocenters. The SMILES string of the molecule is COC(=O)[C@H](Cc1ccccc1)NC(=O)[C@H](CC(C)C)NC(=O)[C@@H](NC(=O)[C@H](CC(C)C)NC(=O)c1ccccc1)C1(O)CCCCC1. The maximum Gasteiger partial charge on any atom is 0.328 e. The van der Waals surface area contributed by atoms with Crippen LogP contribution < -0.4 is 21.3 Å². The molecule has 262 valence electrons. The van der Waals surface area contributed by atoms with Crippen molar-refractivity contribution in [2.75, 3.05) is 7.11 Å². The summed E-state index contributed by atoms with van der Waals surface area (Å²) in [7, 11) is 1.24. The molecule has 4 amide bonds. The van der Waals surface area contributed by atoms with Crippen LogP contribution in [-0.2, 0) is 30.3 Å². The van der Waals surface area contributed by atoms with Crippen molar-refractivity contribution in [3.05, 3.63) is 71.8 Å². The molecule has 0 saturated heterocycles. The van der Waals surface area contributed by atoms with Gasteiger partial charge < -0.3 is 31.1 Å². The first-order valence-electron chi connectivity index (χ1n) is 16.9. The van der Waals surface area contributed by atoms with Gasteiger partial charge in [0.25, 0.3) is 5.91 Å². The van der Waals surface area contributed by atoms with Crippen molar-refractivity contribution in [3.63, 3.8) is 0 Å². The number of hydrogen-bond donors (Lipinski definition) is 5. The first kappa shape index (κ1) is 38.2. The van der Waals surface area contributed by atoms with Gasteiger partial charge in [-0.05, 0) is 55.2 Å². The summed E-state index contributed by atoms with van der Waals surface area (Å²) >= 11 is 0. The standard InChI is InChI=1S/C37H52N4O7/c1-24(2)21-28(33(43)40-30(36(46)48-5)23-26-15-9-6-10-16-26)39-35(45)31(37(47)19-13-8-14-20-37)41-34(44)29(22-25(3)4)38-32(42)27-17-11-7-12-18-27/h6-7,9-12,15-18,24-25,28-31,47H,8,13-14,19-23H2,1-5H3,(H,38,42)(H,39,45)(H,40,43)(H,41,44)/t28-,29-,30-,31+/m0/s1. The van der Waals surface area contributed by atoms with Crippen LogP contribution in [0.2, 0.25) is 0 Å². The van der Waals surface area contributed by atoms with Crippen LogP contribution in [0.5, 0.6) is 0 Å². The number of aliphatic hydroxyl groups is 1. The molecule has 48 heavy (non-hydrogen) atoms. The number of amides is 4. The van der Waals surface area contributed by atoms with Crippen LogP contribution in [0.15, 0.2) is 60.7 Å². The number of benzene rings is 2. The predicted octanol–water partition coefficient (Wildman–Crippen LogP) is 3.44. The minimum Gasteiger partial charge on any atom is -0.467 e. The van der Waals surface area contributed by atoms with Gasteiger partial charge in [-0.1, -0.05) is 95.5 Å². The van der Waals surface area contributed by atoms with Gasteiger partial charge >= 0.3 is 5.97 Å². The highest BCUT2D eigenvalue weighted by molar-refractivity contribution is 5.99. The highest BCUT2D eigenvalue weighted by atomic mass is 16.5. The van der Waals surface area contributed by atoms with Gasteiger partial charge in [0.1, 0.15) is 24.2 Å². The van der Waals surface area contributed by atoms with Gasteiger partial charge in [-0.2, -0.15) is 0 Å². The van der Waals surface area contributed by atoms with Crippen molar-refractivity contribution in [3.8, 4) is 0 Å². The molecule has 0 aromatic heterocycles. The summed E-state index contributed by atoms with van der Waals surface area (Å²) in [5.74, 6) is -2.97. The average molecular weight is 665 g/mol. The number of carbonyl (C=O) groups is 5. The molecule has 3 rings (SSSR count). The van der Waals surface area contributed by atoms with E-state index in [2.05, 4.69) is 21.3 Å². The molecule has 4 atom stereocenters. The van der Waals surface area contributed by atoms with E-state index in [1.165, 1.54) is 7.11 Å². The lowest BCUT2D eigenvalue weighted by atomic mass is 9.78. The molecule has 2 aromatic rings. The minimum absolute atomic E-state index is 0.0267. The van der Waals surface area contributed by atoms with Crippen LogP contribution in [0.4, 0.5) is 0 Å². The van der Waals surface area contributed by atoms with E-state index in [4.69, 9.17) is 4.74 Å². The van der Waals surface area contributed by atoms with Gasteiger partial charge in [-0.25, -0.2) is 4.79 Å². The van der Waals surface area contributed by atoms with E-state index in [-0.39, 0.29) is 37.5 Å². The Hall–Kier alpha value is -4.25. The molecule has 11 nitrogen and oxygen atoms in total. The minimum atomic E-state index is -1.56. The van der Waals surface area contributed by atoms with Crippen molar-refractivity contribution < 1.29 is 33.8 Å². The topological polar surface area (TPSA) is 163 Å². The van der Waals surface area contributed by atoms with Gasteiger partial charge in [0.15, 0.2) is 0 Å². The number of nitrogens with one attached hydrogen (secondary N) is 4. The Morgan fingerprint density at radius 1 is 0.688 bits per heavy atom. The second kappa shape index (κ2) is 18.3. The van der Waals surface area contributed by atoms with Gasteiger partial charge in [-0.15, -0.1) is 0 Å². The van der Waals surface area contributed by atoms with E-state index >= 15 is 0 Å². The second-order valence-corrected chi connectivity index (χ2v) is 13.6. The highest BCUT2D eigenvalue weighted by Gasteiger charge is 2.45. The van der Waals surface area contributed by atoms with Crippen LogP contribution in [0.3, 0.4) is 0 Å². The number of esters is 1. The molecular weight excluding hydrogens is 612 g/mol. The van der Waals surface area contributed by atoms with Crippen LogP contribution in [0.1, 0.15) is 88.6 Å². The number of ether oxygens (including phenoxy) is 1. The number of hydrogen-bond acceptors (Lipinski definition) is 7. The summed E-state index contributed by atoms with van der Waals surface area (Å²) in [6.07, 6.45) is 3.47. The molecule has 1 fully saturated rings. The van der Waals surface area contributed by atoms with Crippen molar-refractivity contribution in [2.45, 2.75) is 109 Å². The Kier molecular flexibility index (Phi) is 14.6. The normalized spacial score (nSPS) is 16.6. The van der Waals surface area contributed by atoms with Crippen LogP contribution >= 0.6 is 0 Å². The Balaban J connectivity index is 1.85. The average Bonchev–Trinajstić information content (AvgIpc) is 3.06. The zero-order valence-corrected chi connectivity index (χ0v) is 28.8. The molecular formula is C37H52N4O7. The number of methoxy groups -OCH3 is 1. The summed E-state index contributed by atoms with van der Waals surface area (Å²) in [5, 5.41) is 22.9. The third kappa shape index (κ3) is 11.5. The van der Waals surface area contributed by atoms with Gasteiger partial charge in [0.2, 0.25) is 17.7 Å². The third-order valence-corrected chi connectivity index (χ3v) is 8.60. The Bertz CT molecular complexity index is 1360. The largest absolute Gasteiger partial charge is 0.467 e. The van der Waals surface area contributed by atoms with Crippen molar-refractivity contribution in [1.29, 1.82) is 0 Å². The maximum absolute atomic E-state index is 14.1. The fraction of sp³-hybridized carbons (Fsp3) is 0.541. The van der Waals surface area contributed by atoms with Gasteiger partial charge in [0, 0.05) is 12.0 Å². The molecule has 5 N–H and O–H groups in total. The summed E-state index contributed by atoms with van der Waals surface area (Å²) < 4.78 is 4.96. The molecule has 1 aliphatic carbocycles. The first-order valence-corrected chi connectivity index (χ1v) is 16.9. The van der Waals surface area contributed by atoms with Crippen LogP contribution in [0, 0.1) is 11.8 Å². The van der Waals surface area contributed by atoms with E-state index in [1.807, 2.05) is 58.0 Å². The molecule has 0 aliphatic heterocycles. The second-order valence-electron chi connectivity index (χ2n) is 13.6. The van der Waals surface area contributed by atoms with E-state index in [0.29, 0.717) is 24.8 Å². The molecule has 11 heteroatoms. The fourth-order valence-corrected chi connectivity index (χ4v) is 6.09.